The molecule has 1 aliphatic rings. The van der Waals surface area contributed by atoms with Gasteiger partial charge in [-0.15, -0.1) is 10.2 Å². The molecule has 0 aliphatic heterocycles. The van der Waals surface area contributed by atoms with Gasteiger partial charge in [-0.25, -0.2) is 0 Å². The van der Waals surface area contributed by atoms with Crippen molar-refractivity contribution in [3.05, 3.63) is 35.7 Å². The fourth-order valence-corrected chi connectivity index (χ4v) is 3.78. The maximum absolute atomic E-state index is 12.2. The van der Waals surface area contributed by atoms with Crippen molar-refractivity contribution in [1.29, 1.82) is 0 Å². The Balaban J connectivity index is 1.46. The van der Waals surface area contributed by atoms with Crippen molar-refractivity contribution in [2.24, 2.45) is 5.92 Å². The van der Waals surface area contributed by atoms with Crippen molar-refractivity contribution in [2.75, 3.05) is 12.9 Å². The first-order chi connectivity index (χ1) is 12.6. The number of thioether (sulfide) groups is 1. The highest BCUT2D eigenvalue weighted by Crippen LogP contribution is 2.24. The van der Waals surface area contributed by atoms with Gasteiger partial charge in [0.1, 0.15) is 5.75 Å². The van der Waals surface area contributed by atoms with Crippen LogP contribution in [0.2, 0.25) is 0 Å². The Bertz CT molecular complexity index is 717. The van der Waals surface area contributed by atoms with Gasteiger partial charge in [-0.2, -0.15) is 0 Å². The number of ether oxygens (including phenoxy) is 1. The van der Waals surface area contributed by atoms with E-state index in [0.717, 1.165) is 17.7 Å². The predicted molar refractivity (Wildman–Crippen MR) is 100 cm³/mol. The van der Waals surface area contributed by atoms with E-state index in [1.807, 2.05) is 24.3 Å². The van der Waals surface area contributed by atoms with Gasteiger partial charge < -0.3 is 14.5 Å². The summed E-state index contributed by atoms with van der Waals surface area (Å²) < 4.78 is 10.8. The molecule has 7 heteroatoms. The fraction of sp³-hybridized carbons (Fsp3) is 0.526. The number of rotatable bonds is 7. The Hall–Kier alpha value is -2.02. The van der Waals surface area contributed by atoms with Crippen LogP contribution in [0.25, 0.3) is 0 Å². The Kier molecular flexibility index (Phi) is 6.55. The van der Waals surface area contributed by atoms with E-state index in [1.165, 1.54) is 31.0 Å². The summed E-state index contributed by atoms with van der Waals surface area (Å²) in [4.78, 5) is 12.2. The lowest BCUT2D eigenvalue weighted by Gasteiger charge is -2.29. The second-order valence-electron chi connectivity index (χ2n) is 6.71. The number of aromatic nitrogens is 2. The van der Waals surface area contributed by atoms with Gasteiger partial charge in [0.15, 0.2) is 0 Å². The van der Waals surface area contributed by atoms with Gasteiger partial charge in [-0.3, -0.25) is 4.79 Å². The van der Waals surface area contributed by atoms with E-state index in [2.05, 4.69) is 22.4 Å². The van der Waals surface area contributed by atoms with Crippen LogP contribution in [-0.4, -0.2) is 35.0 Å². The number of methoxy groups -OCH3 is 1. The maximum Gasteiger partial charge on any atom is 0.277 e. The Morgan fingerprint density at radius 1 is 1.27 bits per heavy atom. The summed E-state index contributed by atoms with van der Waals surface area (Å²) in [5.41, 5.74) is 1.06. The van der Waals surface area contributed by atoms with E-state index in [-0.39, 0.29) is 5.91 Å². The predicted octanol–water partition coefficient (Wildman–Crippen LogP) is 3.46. The highest BCUT2D eigenvalue weighted by Gasteiger charge is 2.23. The lowest BCUT2D eigenvalue weighted by molar-refractivity contribution is -0.119. The van der Waals surface area contributed by atoms with Crippen molar-refractivity contribution in [3.8, 4) is 5.75 Å². The Morgan fingerprint density at radius 3 is 2.77 bits per heavy atom. The van der Waals surface area contributed by atoms with Gasteiger partial charge in [-0.05, 0) is 36.5 Å². The van der Waals surface area contributed by atoms with Gasteiger partial charge in [0.25, 0.3) is 5.22 Å². The summed E-state index contributed by atoms with van der Waals surface area (Å²) in [6, 6.07) is 8.03. The minimum atomic E-state index is 0.0312. The zero-order chi connectivity index (χ0) is 18.4. The van der Waals surface area contributed by atoms with Crippen molar-refractivity contribution in [3.63, 3.8) is 0 Å². The molecule has 1 saturated carbocycles. The maximum atomic E-state index is 12.2. The molecule has 26 heavy (non-hydrogen) atoms. The van der Waals surface area contributed by atoms with Crippen molar-refractivity contribution >= 4 is 17.7 Å². The highest BCUT2D eigenvalue weighted by molar-refractivity contribution is 7.99. The SMILES string of the molecule is COc1ccc(Cc2nnc(SCC(=O)N[C@H]3CCCC[C@H]3C)o2)cc1. The van der Waals surface area contributed by atoms with E-state index < -0.39 is 0 Å². The molecule has 1 N–H and O–H groups in total. The average molecular weight is 375 g/mol. The van der Waals surface area contributed by atoms with Crippen LogP contribution in [0, 0.1) is 5.92 Å². The molecule has 1 amide bonds. The van der Waals surface area contributed by atoms with E-state index >= 15 is 0 Å². The minimum Gasteiger partial charge on any atom is -0.497 e. The van der Waals surface area contributed by atoms with Crippen LogP contribution in [0.5, 0.6) is 5.75 Å². The molecule has 1 fully saturated rings. The third kappa shape index (κ3) is 5.24. The van der Waals surface area contributed by atoms with Crippen LogP contribution in [0.15, 0.2) is 33.9 Å². The van der Waals surface area contributed by atoms with Crippen LogP contribution in [0.3, 0.4) is 0 Å². The molecule has 1 heterocycles. The molecule has 140 valence electrons. The lowest BCUT2D eigenvalue weighted by Crippen LogP contribution is -2.41. The highest BCUT2D eigenvalue weighted by atomic mass is 32.2. The van der Waals surface area contributed by atoms with Crippen molar-refractivity contribution in [2.45, 2.75) is 50.3 Å². The summed E-state index contributed by atoms with van der Waals surface area (Å²) in [6.45, 7) is 2.21. The minimum absolute atomic E-state index is 0.0312. The summed E-state index contributed by atoms with van der Waals surface area (Å²) in [7, 11) is 1.64. The van der Waals surface area contributed by atoms with Crippen LogP contribution in [0.4, 0.5) is 0 Å². The molecule has 0 spiro atoms. The van der Waals surface area contributed by atoms with Crippen LogP contribution in [-0.2, 0) is 11.2 Å². The molecule has 1 aliphatic carbocycles. The van der Waals surface area contributed by atoms with Crippen LogP contribution in [0.1, 0.15) is 44.1 Å². The monoisotopic (exact) mass is 375 g/mol. The number of carbonyl (C=O) groups excluding carboxylic acids is 1. The number of hydrogen-bond acceptors (Lipinski definition) is 6. The third-order valence-corrected chi connectivity index (χ3v) is 5.57. The topological polar surface area (TPSA) is 77.2 Å². The Labute approximate surface area is 158 Å². The van der Waals surface area contributed by atoms with Gasteiger partial charge in [0, 0.05) is 6.04 Å². The molecule has 1 aromatic carbocycles. The second kappa shape index (κ2) is 9.07. The smallest absolute Gasteiger partial charge is 0.277 e. The molecular weight excluding hydrogens is 350 g/mol. The molecule has 2 atom stereocenters. The van der Waals surface area contributed by atoms with Gasteiger partial charge in [0.2, 0.25) is 11.8 Å². The Morgan fingerprint density at radius 2 is 2.04 bits per heavy atom. The number of carbonyl (C=O) groups is 1. The number of nitrogens with zero attached hydrogens (tertiary/aromatic N) is 2. The molecule has 2 aromatic rings. The van der Waals surface area contributed by atoms with Gasteiger partial charge in [-0.1, -0.05) is 43.7 Å². The zero-order valence-corrected chi connectivity index (χ0v) is 16.1. The molecule has 0 saturated heterocycles. The lowest BCUT2D eigenvalue weighted by atomic mass is 9.86. The van der Waals surface area contributed by atoms with Crippen molar-refractivity contribution < 1.29 is 13.9 Å². The number of benzene rings is 1. The molecule has 0 radical (unpaired) electrons. The number of hydrogen-bond donors (Lipinski definition) is 1. The van der Waals surface area contributed by atoms with Gasteiger partial charge in [0.05, 0.1) is 19.3 Å². The second-order valence-corrected chi connectivity index (χ2v) is 7.64. The fourth-order valence-electron chi connectivity index (χ4n) is 3.19. The summed E-state index contributed by atoms with van der Waals surface area (Å²) in [6.07, 6.45) is 5.28. The third-order valence-electron chi connectivity index (χ3n) is 4.75. The summed E-state index contributed by atoms with van der Waals surface area (Å²) >= 11 is 1.28. The van der Waals surface area contributed by atoms with E-state index in [9.17, 15) is 4.79 Å². The first kappa shape index (κ1) is 18.8. The standard InChI is InChI=1S/C19H25N3O3S/c1-13-5-3-4-6-16(13)20-17(23)12-26-19-22-21-18(25-19)11-14-7-9-15(24-2)10-8-14/h7-10,13,16H,3-6,11-12H2,1-2H3,(H,20,23)/t13-,16+/m1/s1. The summed E-state index contributed by atoms with van der Waals surface area (Å²) in [5.74, 6) is 2.24. The zero-order valence-electron chi connectivity index (χ0n) is 15.2. The molecule has 0 bridgehead atoms. The normalized spacial score (nSPS) is 19.9. The molecule has 3 rings (SSSR count). The largest absolute Gasteiger partial charge is 0.497 e. The quantitative estimate of drug-likeness (QED) is 0.747. The number of nitrogens with one attached hydrogen (secondary N) is 1. The molecule has 1 aromatic heterocycles. The van der Waals surface area contributed by atoms with E-state index in [4.69, 9.17) is 9.15 Å². The van der Waals surface area contributed by atoms with E-state index in [1.54, 1.807) is 7.11 Å². The molecule has 6 nitrogen and oxygen atoms in total. The summed E-state index contributed by atoms with van der Waals surface area (Å²) in [5, 5.41) is 11.6. The van der Waals surface area contributed by atoms with Crippen LogP contribution >= 0.6 is 11.8 Å². The van der Waals surface area contributed by atoms with E-state index in [0.29, 0.717) is 35.2 Å². The molecule has 0 unspecified atom stereocenters. The number of amides is 1. The van der Waals surface area contributed by atoms with Gasteiger partial charge >= 0.3 is 0 Å². The van der Waals surface area contributed by atoms with Crippen LogP contribution < -0.4 is 10.1 Å². The average Bonchev–Trinajstić information content (AvgIpc) is 3.10. The van der Waals surface area contributed by atoms with Crippen molar-refractivity contribution in [1.82, 2.24) is 15.5 Å². The first-order valence-corrected chi connectivity index (χ1v) is 10.00. The first-order valence-electron chi connectivity index (χ1n) is 9.01. The molecular formula is C19H25N3O3S.